The highest BCUT2D eigenvalue weighted by Crippen LogP contribution is 2.68. The first-order chi connectivity index (χ1) is 38.2. The van der Waals surface area contributed by atoms with Gasteiger partial charge in [0.2, 0.25) is 0 Å². The van der Waals surface area contributed by atoms with Crippen LogP contribution in [0.15, 0.2) is 175 Å². The van der Waals surface area contributed by atoms with Crippen LogP contribution in [0.25, 0.3) is 64.7 Å². The van der Waals surface area contributed by atoms with E-state index in [9.17, 15) is 0 Å². The number of hydrogen-bond donors (Lipinski definition) is 0. The molecule has 5 aliphatic rings. The van der Waals surface area contributed by atoms with Crippen molar-refractivity contribution < 1.29 is 0 Å². The molecular formula is C75H65BN2S2. The third-order valence-corrected chi connectivity index (χ3v) is 21.1. The molecule has 4 heterocycles. The normalized spacial score (nSPS) is 16.2. The molecule has 0 bridgehead atoms. The van der Waals surface area contributed by atoms with Crippen molar-refractivity contribution in [1.82, 2.24) is 0 Å². The Morgan fingerprint density at radius 1 is 0.425 bits per heavy atom. The Balaban J connectivity index is 1.02. The number of fused-ring (bicyclic) bond motifs is 16. The maximum atomic E-state index is 2.69. The Hall–Kier alpha value is -7.44. The van der Waals surface area contributed by atoms with Crippen LogP contribution in [0.5, 0.6) is 0 Å². The molecule has 11 aromatic rings. The molecule has 0 fully saturated rings. The van der Waals surface area contributed by atoms with Gasteiger partial charge in [0.05, 0.1) is 11.1 Å². The van der Waals surface area contributed by atoms with E-state index in [1.165, 1.54) is 159 Å². The van der Waals surface area contributed by atoms with Gasteiger partial charge in [0.1, 0.15) is 0 Å². The standard InChI is InChI=1S/C75H65BN2S2/c1-71(2,3)43-24-29-47(30-25-43)77-60-37-45(73(7,8)9)28-34-59(60)76-67-61(77)38-46(74(10,11)12)39-62(67)78(48-31-26-44(27-32-48)72(4,5)6)68-54-40-53-49-18-13-14-21-55(49)75(58(53)41-63(54)80-70(68)76)56-22-16-20-52-65(56)66-57(75)33-23-42-17-15-19-50(64(42)66)51-35-36-79-69(51)52/h13-41H,1-12H3. The zero-order chi connectivity index (χ0) is 54.9. The average Bonchev–Trinajstić information content (AvgIpc) is 4.39. The molecule has 2 aliphatic heterocycles. The van der Waals surface area contributed by atoms with Crippen LogP contribution in [-0.2, 0) is 27.1 Å². The van der Waals surface area contributed by atoms with Crippen LogP contribution in [-0.4, -0.2) is 6.71 Å². The van der Waals surface area contributed by atoms with E-state index in [0.717, 1.165) is 0 Å². The molecule has 1 spiro atoms. The number of hydrogen-bond acceptors (Lipinski definition) is 4. The van der Waals surface area contributed by atoms with Gasteiger partial charge < -0.3 is 9.80 Å². The monoisotopic (exact) mass is 1070 g/mol. The topological polar surface area (TPSA) is 6.48 Å². The van der Waals surface area contributed by atoms with E-state index >= 15 is 0 Å². The van der Waals surface area contributed by atoms with Crippen molar-refractivity contribution in [3.8, 4) is 43.8 Å². The maximum absolute atomic E-state index is 2.69. The van der Waals surface area contributed by atoms with Gasteiger partial charge in [-0.2, -0.15) is 0 Å². The molecule has 80 heavy (non-hydrogen) atoms. The highest BCUT2D eigenvalue weighted by atomic mass is 32.1. The Bertz CT molecular complexity index is 4520. The first-order valence-corrected chi connectivity index (χ1v) is 30.5. The molecule has 9 aromatic carbocycles. The minimum atomic E-state index is -0.509. The van der Waals surface area contributed by atoms with Gasteiger partial charge in [0, 0.05) is 59.3 Å². The van der Waals surface area contributed by atoms with Crippen LogP contribution in [0, 0.1) is 0 Å². The lowest BCUT2D eigenvalue weighted by Crippen LogP contribution is -2.60. The molecule has 5 heteroatoms. The van der Waals surface area contributed by atoms with Gasteiger partial charge in [0.15, 0.2) is 0 Å². The fraction of sp³-hybridized carbons (Fsp3) is 0.227. The molecule has 1 atom stereocenters. The van der Waals surface area contributed by atoms with Crippen LogP contribution >= 0.6 is 22.7 Å². The van der Waals surface area contributed by atoms with E-state index in [1.807, 2.05) is 22.7 Å². The summed E-state index contributed by atoms with van der Waals surface area (Å²) in [4.78, 5) is 6.69. The summed E-state index contributed by atoms with van der Waals surface area (Å²) in [6, 6.07) is 67.8. The Labute approximate surface area is 480 Å². The molecule has 0 N–H and O–H groups in total. The molecule has 1 unspecified atom stereocenters. The number of anilines is 6. The maximum Gasteiger partial charge on any atom is 0.264 e. The second-order valence-electron chi connectivity index (χ2n) is 27.7. The molecule has 3 aliphatic carbocycles. The second-order valence-corrected chi connectivity index (χ2v) is 29.7. The van der Waals surface area contributed by atoms with E-state index in [2.05, 4.69) is 268 Å². The molecular weight excluding hydrogens is 1000 g/mol. The van der Waals surface area contributed by atoms with Gasteiger partial charge >= 0.3 is 0 Å². The van der Waals surface area contributed by atoms with Crippen LogP contribution < -0.4 is 25.5 Å². The molecule has 0 amide bonds. The summed E-state index contributed by atoms with van der Waals surface area (Å²) in [5.41, 5.74) is 30.0. The summed E-state index contributed by atoms with van der Waals surface area (Å²) >= 11 is 3.91. The lowest BCUT2D eigenvalue weighted by atomic mass is 9.36. The SMILES string of the molecule is CC(C)(C)c1ccc(N2c3cc(C(C)(C)C)ccc3B3c4sc5cc6c(cc5c4N(c4ccc(C(C)(C)C)cc4)c4cc(C(C)(C)C)cc2c43)-c2ccccc2C62c3cccc4c3-c3c2ccc2cccc(c32)-c2ccsc2-4)cc1. The van der Waals surface area contributed by atoms with Crippen molar-refractivity contribution in [2.24, 2.45) is 0 Å². The molecule has 2 nitrogen and oxygen atoms in total. The van der Waals surface area contributed by atoms with Crippen molar-refractivity contribution in [3.63, 3.8) is 0 Å². The Morgan fingerprint density at radius 3 is 1.71 bits per heavy atom. The van der Waals surface area contributed by atoms with Gasteiger partial charge in [-0.1, -0.05) is 192 Å². The van der Waals surface area contributed by atoms with Crippen LogP contribution in [0.2, 0.25) is 0 Å². The minimum Gasteiger partial charge on any atom is -0.311 e. The number of benzene rings is 9. The molecule has 0 saturated carbocycles. The van der Waals surface area contributed by atoms with Crippen molar-refractivity contribution in [3.05, 3.63) is 220 Å². The van der Waals surface area contributed by atoms with Gasteiger partial charge in [-0.15, -0.1) is 22.7 Å². The van der Waals surface area contributed by atoms with Crippen LogP contribution in [0.1, 0.15) is 128 Å². The summed E-state index contributed by atoms with van der Waals surface area (Å²) in [6.07, 6.45) is 0. The van der Waals surface area contributed by atoms with E-state index in [-0.39, 0.29) is 28.4 Å². The summed E-state index contributed by atoms with van der Waals surface area (Å²) in [6.45, 7) is 28.2. The van der Waals surface area contributed by atoms with Crippen molar-refractivity contribution >= 4 is 100 Å². The van der Waals surface area contributed by atoms with E-state index in [1.54, 1.807) is 0 Å². The third-order valence-electron chi connectivity index (χ3n) is 18.9. The van der Waals surface area contributed by atoms with Crippen molar-refractivity contribution in [2.45, 2.75) is 110 Å². The molecule has 390 valence electrons. The predicted molar refractivity (Wildman–Crippen MR) is 347 cm³/mol. The minimum absolute atomic E-state index is 0.00477. The second kappa shape index (κ2) is 15.9. The van der Waals surface area contributed by atoms with Gasteiger partial charge in [-0.05, 0) is 182 Å². The van der Waals surface area contributed by atoms with Gasteiger partial charge in [-0.3, -0.25) is 0 Å². The van der Waals surface area contributed by atoms with Crippen LogP contribution in [0.4, 0.5) is 34.1 Å². The summed E-state index contributed by atoms with van der Waals surface area (Å²) in [5, 5.41) is 6.29. The van der Waals surface area contributed by atoms with Crippen molar-refractivity contribution in [2.75, 3.05) is 9.80 Å². The number of nitrogens with zero attached hydrogens (tertiary/aromatic N) is 2. The summed E-state index contributed by atoms with van der Waals surface area (Å²) in [7, 11) is 0. The largest absolute Gasteiger partial charge is 0.311 e. The molecule has 2 aromatic heterocycles. The number of rotatable bonds is 2. The zero-order valence-electron chi connectivity index (χ0n) is 48.0. The van der Waals surface area contributed by atoms with Crippen molar-refractivity contribution in [1.29, 1.82) is 0 Å². The van der Waals surface area contributed by atoms with Gasteiger partial charge in [0.25, 0.3) is 6.71 Å². The Kier molecular flexibility index (Phi) is 9.65. The van der Waals surface area contributed by atoms with Gasteiger partial charge in [-0.25, -0.2) is 0 Å². The van der Waals surface area contributed by atoms with Crippen LogP contribution in [0.3, 0.4) is 0 Å². The fourth-order valence-corrected chi connectivity index (χ4v) is 17.2. The van der Waals surface area contributed by atoms with E-state index < -0.39 is 5.41 Å². The molecule has 16 rings (SSSR count). The number of thiophene rings is 2. The summed E-state index contributed by atoms with van der Waals surface area (Å²) < 4.78 is 2.73. The molecule has 0 radical (unpaired) electrons. The van der Waals surface area contributed by atoms with E-state index in [4.69, 9.17) is 0 Å². The lowest BCUT2D eigenvalue weighted by molar-refractivity contribution is 0.589. The fourth-order valence-electron chi connectivity index (χ4n) is 14.9. The third kappa shape index (κ3) is 6.37. The zero-order valence-corrected chi connectivity index (χ0v) is 49.7. The highest BCUT2D eigenvalue weighted by Gasteiger charge is 2.54. The highest BCUT2D eigenvalue weighted by molar-refractivity contribution is 7.33. The quantitative estimate of drug-likeness (QED) is 0.159. The first kappa shape index (κ1) is 48.5. The first-order valence-electron chi connectivity index (χ1n) is 28.8. The molecule has 0 saturated heterocycles. The summed E-state index contributed by atoms with van der Waals surface area (Å²) in [5.74, 6) is 0. The average molecular weight is 1070 g/mol. The predicted octanol–water partition coefficient (Wildman–Crippen LogP) is 19.4. The van der Waals surface area contributed by atoms with E-state index in [0.29, 0.717) is 0 Å². The Morgan fingerprint density at radius 2 is 1.01 bits per heavy atom. The lowest BCUT2D eigenvalue weighted by Gasteiger charge is -2.44. The smallest absolute Gasteiger partial charge is 0.264 e.